The topological polar surface area (TPSA) is 68.5 Å². The van der Waals surface area contributed by atoms with Gasteiger partial charge in [0.2, 0.25) is 5.91 Å². The lowest BCUT2D eigenvalue weighted by Gasteiger charge is -2.07. The van der Waals surface area contributed by atoms with Gasteiger partial charge in [0.15, 0.2) is 0 Å². The average molecular weight is 320 g/mol. The maximum absolute atomic E-state index is 11.9. The number of anilines is 1. The molecule has 0 aliphatic carbocycles. The number of rotatable bonds is 4. The molecule has 1 amide bonds. The van der Waals surface area contributed by atoms with Gasteiger partial charge in [0.05, 0.1) is 23.4 Å². The number of aryl methyl sites for hydroxylation is 1. The molecule has 6 heteroatoms. The third kappa shape index (κ3) is 3.99. The molecule has 0 bridgehead atoms. The van der Waals surface area contributed by atoms with Crippen molar-refractivity contribution in [2.24, 2.45) is 0 Å². The number of benzene rings is 1. The molecule has 0 atom stereocenters. The number of hydrogen-bond acceptors (Lipinski definition) is 4. The zero-order valence-corrected chi connectivity index (χ0v) is 12.8. The summed E-state index contributed by atoms with van der Waals surface area (Å²) < 4.78 is 9.94. The molecule has 1 heterocycles. The van der Waals surface area contributed by atoms with Crippen LogP contribution in [0.5, 0.6) is 0 Å². The zero-order valence-electron chi connectivity index (χ0n) is 12.1. The van der Waals surface area contributed by atoms with Gasteiger partial charge in [-0.1, -0.05) is 11.6 Å². The molecular weight excluding hydrogens is 306 g/mol. The second-order valence-electron chi connectivity index (χ2n) is 4.46. The molecule has 5 nitrogen and oxygen atoms in total. The number of hydrogen-bond donors (Lipinski definition) is 1. The molecule has 0 spiro atoms. The van der Waals surface area contributed by atoms with Crippen LogP contribution in [-0.4, -0.2) is 19.0 Å². The van der Waals surface area contributed by atoms with Crippen LogP contribution in [0.15, 0.2) is 40.8 Å². The lowest BCUT2D eigenvalue weighted by atomic mass is 10.2. The summed E-state index contributed by atoms with van der Waals surface area (Å²) in [6.45, 7) is 1.81. The van der Waals surface area contributed by atoms with E-state index in [1.807, 2.05) is 6.92 Å². The SMILES string of the molecule is COC(=O)c1ccc(Cl)c(NC(=O)/C=C/c2ccc(C)o2)c1. The van der Waals surface area contributed by atoms with Gasteiger partial charge in [-0.25, -0.2) is 4.79 Å². The fourth-order valence-corrected chi connectivity index (χ4v) is 1.91. The average Bonchev–Trinajstić information content (AvgIpc) is 2.92. The third-order valence-corrected chi connectivity index (χ3v) is 3.14. The Kier molecular flexibility index (Phi) is 5.01. The number of ether oxygens (including phenoxy) is 1. The van der Waals surface area contributed by atoms with Crippen molar-refractivity contribution in [3.8, 4) is 0 Å². The number of nitrogens with one attached hydrogen (secondary N) is 1. The van der Waals surface area contributed by atoms with E-state index < -0.39 is 11.9 Å². The van der Waals surface area contributed by atoms with E-state index in [1.165, 1.54) is 31.4 Å². The van der Waals surface area contributed by atoms with E-state index in [0.29, 0.717) is 22.0 Å². The van der Waals surface area contributed by atoms with Gasteiger partial charge in [0.25, 0.3) is 0 Å². The summed E-state index contributed by atoms with van der Waals surface area (Å²) in [5, 5.41) is 2.92. The minimum Gasteiger partial charge on any atom is -0.465 e. The van der Waals surface area contributed by atoms with Crippen LogP contribution in [0.1, 0.15) is 21.9 Å². The van der Waals surface area contributed by atoms with Crippen LogP contribution < -0.4 is 5.32 Å². The Morgan fingerprint density at radius 2 is 2.05 bits per heavy atom. The first-order valence-electron chi connectivity index (χ1n) is 6.43. The summed E-state index contributed by atoms with van der Waals surface area (Å²) in [5.41, 5.74) is 0.627. The molecule has 1 aromatic carbocycles. The van der Waals surface area contributed by atoms with Crippen LogP contribution in [0, 0.1) is 6.92 Å². The predicted octanol–water partition coefficient (Wildman–Crippen LogP) is 3.68. The summed E-state index contributed by atoms with van der Waals surface area (Å²) >= 11 is 6.00. The molecule has 0 aliphatic heterocycles. The quantitative estimate of drug-likeness (QED) is 0.689. The van der Waals surface area contributed by atoms with Gasteiger partial charge < -0.3 is 14.5 Å². The second kappa shape index (κ2) is 6.95. The monoisotopic (exact) mass is 319 g/mol. The number of methoxy groups -OCH3 is 1. The molecular formula is C16H14ClNO4. The highest BCUT2D eigenvalue weighted by atomic mass is 35.5. The molecule has 0 fully saturated rings. The fourth-order valence-electron chi connectivity index (χ4n) is 1.74. The Morgan fingerprint density at radius 3 is 2.68 bits per heavy atom. The molecule has 0 aliphatic rings. The minimum absolute atomic E-state index is 0.299. The summed E-state index contributed by atoms with van der Waals surface area (Å²) in [6, 6.07) is 8.05. The maximum atomic E-state index is 11.9. The van der Waals surface area contributed by atoms with Gasteiger partial charge in [-0.15, -0.1) is 0 Å². The Hall–Kier alpha value is -2.53. The van der Waals surface area contributed by atoms with Crippen molar-refractivity contribution in [2.45, 2.75) is 6.92 Å². The first kappa shape index (κ1) is 15.9. The Bertz CT molecular complexity index is 733. The van der Waals surface area contributed by atoms with Crippen molar-refractivity contribution in [3.05, 3.63) is 58.5 Å². The first-order valence-corrected chi connectivity index (χ1v) is 6.81. The molecule has 0 radical (unpaired) electrons. The highest BCUT2D eigenvalue weighted by Crippen LogP contribution is 2.23. The van der Waals surface area contributed by atoms with E-state index in [2.05, 4.69) is 10.1 Å². The zero-order chi connectivity index (χ0) is 16.1. The number of esters is 1. The summed E-state index contributed by atoms with van der Waals surface area (Å²) in [7, 11) is 1.28. The van der Waals surface area contributed by atoms with Gasteiger partial charge in [0.1, 0.15) is 11.5 Å². The van der Waals surface area contributed by atoms with Crippen molar-refractivity contribution < 1.29 is 18.7 Å². The van der Waals surface area contributed by atoms with Crippen LogP contribution >= 0.6 is 11.6 Å². The maximum Gasteiger partial charge on any atom is 0.337 e. The standard InChI is InChI=1S/C16H14ClNO4/c1-10-3-5-12(22-10)6-8-15(19)18-14-9-11(16(20)21-2)4-7-13(14)17/h3-9H,1-2H3,(H,18,19)/b8-6+. The molecule has 1 aromatic heterocycles. The van der Waals surface area contributed by atoms with E-state index in [0.717, 1.165) is 5.76 Å². The second-order valence-corrected chi connectivity index (χ2v) is 4.86. The molecule has 2 rings (SSSR count). The van der Waals surface area contributed by atoms with Crippen molar-refractivity contribution in [1.82, 2.24) is 0 Å². The molecule has 114 valence electrons. The fraction of sp³-hybridized carbons (Fsp3) is 0.125. The summed E-state index contributed by atoms with van der Waals surface area (Å²) in [4.78, 5) is 23.4. The largest absolute Gasteiger partial charge is 0.465 e. The van der Waals surface area contributed by atoms with E-state index >= 15 is 0 Å². The molecule has 0 saturated heterocycles. The van der Waals surface area contributed by atoms with Gasteiger partial charge in [-0.2, -0.15) is 0 Å². The molecule has 0 saturated carbocycles. The van der Waals surface area contributed by atoms with E-state index in [-0.39, 0.29) is 0 Å². The van der Waals surface area contributed by atoms with Crippen LogP contribution in [0.3, 0.4) is 0 Å². The van der Waals surface area contributed by atoms with Crippen LogP contribution in [-0.2, 0) is 9.53 Å². The lowest BCUT2D eigenvalue weighted by Crippen LogP contribution is -2.09. The van der Waals surface area contributed by atoms with Crippen molar-refractivity contribution in [1.29, 1.82) is 0 Å². The van der Waals surface area contributed by atoms with Gasteiger partial charge in [-0.05, 0) is 43.3 Å². The van der Waals surface area contributed by atoms with Gasteiger partial charge >= 0.3 is 5.97 Å². The minimum atomic E-state index is -0.506. The van der Waals surface area contributed by atoms with Crippen LogP contribution in [0.4, 0.5) is 5.69 Å². The van der Waals surface area contributed by atoms with Crippen LogP contribution in [0.2, 0.25) is 5.02 Å². The smallest absolute Gasteiger partial charge is 0.337 e. The molecule has 22 heavy (non-hydrogen) atoms. The number of carbonyl (C=O) groups is 2. The Labute approximate surface area is 132 Å². The van der Waals surface area contributed by atoms with Crippen molar-refractivity contribution in [2.75, 3.05) is 12.4 Å². The third-order valence-electron chi connectivity index (χ3n) is 2.81. The number of carbonyl (C=O) groups excluding carboxylic acids is 2. The highest BCUT2D eigenvalue weighted by molar-refractivity contribution is 6.34. The number of halogens is 1. The first-order chi connectivity index (χ1) is 10.5. The van der Waals surface area contributed by atoms with Gasteiger partial charge in [-0.3, -0.25) is 4.79 Å². The highest BCUT2D eigenvalue weighted by Gasteiger charge is 2.10. The van der Waals surface area contributed by atoms with Crippen LogP contribution in [0.25, 0.3) is 6.08 Å². The Balaban J connectivity index is 2.10. The summed E-state index contributed by atoms with van der Waals surface area (Å²) in [6.07, 6.45) is 2.86. The molecule has 1 N–H and O–H groups in total. The molecule has 0 unspecified atom stereocenters. The lowest BCUT2D eigenvalue weighted by molar-refractivity contribution is -0.111. The van der Waals surface area contributed by atoms with E-state index in [4.69, 9.17) is 16.0 Å². The van der Waals surface area contributed by atoms with Crippen molar-refractivity contribution in [3.63, 3.8) is 0 Å². The predicted molar refractivity (Wildman–Crippen MR) is 83.9 cm³/mol. The van der Waals surface area contributed by atoms with Crippen molar-refractivity contribution >= 4 is 35.2 Å². The normalized spacial score (nSPS) is 10.7. The Morgan fingerprint density at radius 1 is 1.27 bits per heavy atom. The summed E-state index contributed by atoms with van der Waals surface area (Å²) in [5.74, 6) is 0.433. The number of amides is 1. The van der Waals surface area contributed by atoms with E-state index in [9.17, 15) is 9.59 Å². The van der Waals surface area contributed by atoms with Gasteiger partial charge in [0, 0.05) is 6.08 Å². The number of furan rings is 1. The van der Waals surface area contributed by atoms with E-state index in [1.54, 1.807) is 18.2 Å². The molecule has 2 aromatic rings.